The van der Waals surface area contributed by atoms with Gasteiger partial charge in [0.1, 0.15) is 0 Å². The van der Waals surface area contributed by atoms with Gasteiger partial charge in [0.15, 0.2) is 0 Å². The number of rotatable bonds is 8. The number of methoxy groups -OCH3 is 1. The number of ether oxygens (including phenoxy) is 1. The quantitative estimate of drug-likeness (QED) is 0.640. The van der Waals surface area contributed by atoms with Crippen LogP contribution in [0.1, 0.15) is 32.1 Å². The smallest absolute Gasteiger partial charge is 0.0462 e. The molecule has 0 spiro atoms. The summed E-state index contributed by atoms with van der Waals surface area (Å²) in [5, 5.41) is 3.25. The van der Waals surface area contributed by atoms with E-state index in [1.807, 2.05) is 7.05 Å². The van der Waals surface area contributed by atoms with Crippen molar-refractivity contribution >= 4 is 0 Å². The molecular weight excluding hydrogens is 200 g/mol. The Bertz CT molecular complexity index is 156. The summed E-state index contributed by atoms with van der Waals surface area (Å²) in [5.41, 5.74) is 0. The van der Waals surface area contributed by atoms with Crippen LogP contribution in [0, 0.1) is 5.92 Å². The van der Waals surface area contributed by atoms with Crippen molar-refractivity contribution < 1.29 is 4.74 Å². The lowest BCUT2D eigenvalue weighted by Crippen LogP contribution is -2.35. The van der Waals surface area contributed by atoms with E-state index in [-0.39, 0.29) is 0 Å². The molecule has 0 radical (unpaired) electrons. The van der Waals surface area contributed by atoms with E-state index < -0.39 is 0 Å². The molecule has 1 fully saturated rings. The number of piperidine rings is 1. The summed E-state index contributed by atoms with van der Waals surface area (Å²) in [4.78, 5) is 2.62. The molecule has 0 bridgehead atoms. The lowest BCUT2D eigenvalue weighted by molar-refractivity contribution is 0.160. The van der Waals surface area contributed by atoms with E-state index in [2.05, 4.69) is 10.2 Å². The molecule has 1 N–H and O–H groups in total. The van der Waals surface area contributed by atoms with Gasteiger partial charge in [0.2, 0.25) is 0 Å². The number of nitrogens with zero attached hydrogens (tertiary/aromatic N) is 1. The molecule has 1 aliphatic heterocycles. The first-order chi connectivity index (χ1) is 7.86. The second kappa shape index (κ2) is 8.97. The van der Waals surface area contributed by atoms with E-state index in [0.29, 0.717) is 0 Å². The fourth-order valence-corrected chi connectivity index (χ4v) is 2.43. The van der Waals surface area contributed by atoms with Gasteiger partial charge in [0.05, 0.1) is 0 Å². The van der Waals surface area contributed by atoms with Gasteiger partial charge < -0.3 is 15.0 Å². The zero-order valence-electron chi connectivity index (χ0n) is 11.0. The molecule has 1 saturated heterocycles. The van der Waals surface area contributed by atoms with E-state index in [4.69, 9.17) is 4.74 Å². The minimum Gasteiger partial charge on any atom is -0.385 e. The van der Waals surface area contributed by atoms with E-state index in [9.17, 15) is 0 Å². The van der Waals surface area contributed by atoms with Crippen LogP contribution in [0.4, 0.5) is 0 Å². The van der Waals surface area contributed by atoms with Crippen molar-refractivity contribution in [1.29, 1.82) is 0 Å². The first kappa shape index (κ1) is 13.9. The summed E-state index contributed by atoms with van der Waals surface area (Å²) in [6, 6.07) is 0. The number of hydrogen-bond donors (Lipinski definition) is 1. The molecule has 3 nitrogen and oxygen atoms in total. The Balaban J connectivity index is 1.98. The molecule has 0 atom stereocenters. The Morgan fingerprint density at radius 3 is 2.62 bits per heavy atom. The Morgan fingerprint density at radius 2 is 2.00 bits per heavy atom. The summed E-state index contributed by atoms with van der Waals surface area (Å²) in [5.74, 6) is 0.961. The highest BCUT2D eigenvalue weighted by Crippen LogP contribution is 2.20. The van der Waals surface area contributed by atoms with E-state index in [1.165, 1.54) is 58.3 Å². The maximum atomic E-state index is 5.07. The predicted molar refractivity (Wildman–Crippen MR) is 68.8 cm³/mol. The Labute approximate surface area is 101 Å². The third-order valence-corrected chi connectivity index (χ3v) is 3.58. The summed E-state index contributed by atoms with van der Waals surface area (Å²) >= 11 is 0. The molecule has 1 aliphatic rings. The van der Waals surface area contributed by atoms with Gasteiger partial charge in [0.25, 0.3) is 0 Å². The van der Waals surface area contributed by atoms with E-state index >= 15 is 0 Å². The minimum atomic E-state index is 0.915. The third-order valence-electron chi connectivity index (χ3n) is 3.58. The molecule has 0 unspecified atom stereocenters. The van der Waals surface area contributed by atoms with Crippen molar-refractivity contribution in [2.24, 2.45) is 5.92 Å². The van der Waals surface area contributed by atoms with E-state index in [0.717, 1.165) is 12.5 Å². The fraction of sp³-hybridized carbons (Fsp3) is 1.00. The van der Waals surface area contributed by atoms with Gasteiger partial charge in [0, 0.05) is 13.7 Å². The molecular formula is C13H28N2O. The Morgan fingerprint density at radius 1 is 1.25 bits per heavy atom. The standard InChI is InChI=1S/C13H28N2O/c1-14-8-5-13-6-10-15(11-7-13)9-3-4-12-16-2/h13-14H,3-12H2,1-2H3. The van der Waals surface area contributed by atoms with Gasteiger partial charge in [-0.05, 0) is 71.2 Å². The molecule has 0 aromatic carbocycles. The van der Waals surface area contributed by atoms with Crippen LogP contribution in [0.2, 0.25) is 0 Å². The van der Waals surface area contributed by atoms with Crippen LogP contribution < -0.4 is 5.32 Å². The van der Waals surface area contributed by atoms with Crippen molar-refractivity contribution in [3.8, 4) is 0 Å². The number of unbranched alkanes of at least 4 members (excludes halogenated alkanes) is 1. The monoisotopic (exact) mass is 228 g/mol. The first-order valence-corrected chi connectivity index (χ1v) is 6.72. The summed E-state index contributed by atoms with van der Waals surface area (Å²) in [6.07, 6.45) is 6.64. The van der Waals surface area contributed by atoms with Gasteiger partial charge in [-0.25, -0.2) is 0 Å². The highest BCUT2D eigenvalue weighted by Gasteiger charge is 2.17. The maximum Gasteiger partial charge on any atom is 0.0462 e. The second-order valence-electron chi connectivity index (χ2n) is 4.88. The SMILES string of the molecule is CNCCC1CCN(CCCCOC)CC1. The lowest BCUT2D eigenvalue weighted by atomic mass is 9.93. The van der Waals surface area contributed by atoms with Crippen LogP contribution >= 0.6 is 0 Å². The molecule has 0 aromatic heterocycles. The summed E-state index contributed by atoms with van der Waals surface area (Å²) in [6.45, 7) is 5.97. The number of likely N-dealkylation sites (tertiary alicyclic amines) is 1. The summed E-state index contributed by atoms with van der Waals surface area (Å²) in [7, 11) is 3.83. The highest BCUT2D eigenvalue weighted by atomic mass is 16.5. The zero-order chi connectivity index (χ0) is 11.6. The molecule has 16 heavy (non-hydrogen) atoms. The number of hydrogen-bond acceptors (Lipinski definition) is 3. The van der Waals surface area contributed by atoms with Gasteiger partial charge in [-0.2, -0.15) is 0 Å². The normalized spacial score (nSPS) is 19.1. The Hall–Kier alpha value is -0.120. The molecule has 1 rings (SSSR count). The Kier molecular flexibility index (Phi) is 7.81. The van der Waals surface area contributed by atoms with Crippen molar-refractivity contribution in [2.75, 3.05) is 46.9 Å². The number of nitrogens with one attached hydrogen (secondary N) is 1. The van der Waals surface area contributed by atoms with Crippen LogP contribution in [0.3, 0.4) is 0 Å². The summed E-state index contributed by atoms with van der Waals surface area (Å²) < 4.78 is 5.07. The molecule has 3 heteroatoms. The van der Waals surface area contributed by atoms with Crippen LogP contribution in [0.15, 0.2) is 0 Å². The lowest BCUT2D eigenvalue weighted by Gasteiger charge is -2.31. The first-order valence-electron chi connectivity index (χ1n) is 6.72. The van der Waals surface area contributed by atoms with Crippen LogP contribution in [-0.2, 0) is 4.74 Å². The predicted octanol–water partition coefficient (Wildman–Crippen LogP) is 1.73. The molecule has 1 heterocycles. The average molecular weight is 228 g/mol. The van der Waals surface area contributed by atoms with Gasteiger partial charge >= 0.3 is 0 Å². The topological polar surface area (TPSA) is 24.5 Å². The van der Waals surface area contributed by atoms with Crippen LogP contribution in [0.25, 0.3) is 0 Å². The average Bonchev–Trinajstić information content (AvgIpc) is 2.33. The zero-order valence-corrected chi connectivity index (χ0v) is 11.0. The van der Waals surface area contributed by atoms with Gasteiger partial charge in [-0.1, -0.05) is 0 Å². The highest BCUT2D eigenvalue weighted by molar-refractivity contribution is 4.72. The van der Waals surface area contributed by atoms with Crippen molar-refractivity contribution in [3.05, 3.63) is 0 Å². The molecule has 0 aromatic rings. The fourth-order valence-electron chi connectivity index (χ4n) is 2.43. The largest absolute Gasteiger partial charge is 0.385 e. The molecule has 0 aliphatic carbocycles. The van der Waals surface area contributed by atoms with Crippen molar-refractivity contribution in [2.45, 2.75) is 32.1 Å². The van der Waals surface area contributed by atoms with E-state index in [1.54, 1.807) is 7.11 Å². The van der Waals surface area contributed by atoms with Gasteiger partial charge in [-0.3, -0.25) is 0 Å². The van der Waals surface area contributed by atoms with Crippen molar-refractivity contribution in [3.63, 3.8) is 0 Å². The van der Waals surface area contributed by atoms with Gasteiger partial charge in [-0.15, -0.1) is 0 Å². The maximum absolute atomic E-state index is 5.07. The third kappa shape index (κ3) is 5.83. The molecule has 0 amide bonds. The molecule has 96 valence electrons. The van der Waals surface area contributed by atoms with Crippen molar-refractivity contribution in [1.82, 2.24) is 10.2 Å². The van der Waals surface area contributed by atoms with Crippen LogP contribution in [-0.4, -0.2) is 51.8 Å². The molecule has 0 saturated carbocycles. The second-order valence-corrected chi connectivity index (χ2v) is 4.88. The minimum absolute atomic E-state index is 0.915. The van der Waals surface area contributed by atoms with Crippen LogP contribution in [0.5, 0.6) is 0 Å².